The zero-order valence-electron chi connectivity index (χ0n) is 15.4. The number of methoxy groups -OCH3 is 1. The molecule has 1 aromatic carbocycles. The van der Waals surface area contributed by atoms with E-state index in [-0.39, 0.29) is 18.5 Å². The second kappa shape index (κ2) is 8.18. The molecule has 0 saturated heterocycles. The van der Waals surface area contributed by atoms with Gasteiger partial charge in [-0.25, -0.2) is 0 Å². The Morgan fingerprint density at radius 3 is 2.42 bits per heavy atom. The smallest absolute Gasteiger partial charge is 0.321 e. The zero-order chi connectivity index (χ0) is 19.3. The average Bonchev–Trinajstić information content (AvgIpc) is 2.61. The summed E-state index contributed by atoms with van der Waals surface area (Å²) < 4.78 is 10.8. The minimum Gasteiger partial charge on any atom is -0.478 e. The van der Waals surface area contributed by atoms with Crippen LogP contribution in [0.15, 0.2) is 24.3 Å². The van der Waals surface area contributed by atoms with E-state index in [0.29, 0.717) is 22.5 Å². The molecule has 0 bridgehead atoms. The molecule has 26 heavy (non-hydrogen) atoms. The molecule has 0 atom stereocenters. The average molecular weight is 380 g/mol. The van der Waals surface area contributed by atoms with Gasteiger partial charge in [0.05, 0.1) is 13.7 Å². The number of hydrogen-bond donors (Lipinski definition) is 1. The van der Waals surface area contributed by atoms with E-state index in [4.69, 9.17) is 21.1 Å². The molecular formula is C17H22ClN5O3. The van der Waals surface area contributed by atoms with Gasteiger partial charge < -0.3 is 19.7 Å². The highest BCUT2D eigenvalue weighted by atomic mass is 35.5. The van der Waals surface area contributed by atoms with Crippen LogP contribution in [0.1, 0.15) is 19.7 Å². The van der Waals surface area contributed by atoms with E-state index in [9.17, 15) is 4.79 Å². The highest BCUT2D eigenvalue weighted by Gasteiger charge is 2.30. The Morgan fingerprint density at radius 1 is 1.19 bits per heavy atom. The molecule has 0 aliphatic carbocycles. The lowest BCUT2D eigenvalue weighted by Crippen LogP contribution is -2.46. The molecule has 0 aliphatic heterocycles. The van der Waals surface area contributed by atoms with Crippen molar-refractivity contribution in [2.75, 3.05) is 26.1 Å². The molecule has 1 heterocycles. The van der Waals surface area contributed by atoms with Crippen molar-refractivity contribution in [3.05, 3.63) is 35.1 Å². The first-order valence-electron chi connectivity index (χ1n) is 7.90. The Hall–Kier alpha value is -2.61. The number of ether oxygens (including phenoxy) is 2. The third-order valence-electron chi connectivity index (χ3n) is 3.37. The van der Waals surface area contributed by atoms with Gasteiger partial charge in [-0.2, -0.15) is 15.0 Å². The summed E-state index contributed by atoms with van der Waals surface area (Å²) in [6, 6.07) is 6.99. The third-order valence-corrected chi connectivity index (χ3v) is 3.62. The number of hydrogen-bond acceptors (Lipinski definition) is 7. The number of amides is 1. The predicted molar refractivity (Wildman–Crippen MR) is 98.7 cm³/mol. The minimum atomic E-state index is -1.09. The summed E-state index contributed by atoms with van der Waals surface area (Å²) in [5.74, 6) is 1.07. The van der Waals surface area contributed by atoms with E-state index in [1.54, 1.807) is 57.1 Å². The van der Waals surface area contributed by atoms with Crippen molar-refractivity contribution < 1.29 is 14.3 Å². The van der Waals surface area contributed by atoms with E-state index in [2.05, 4.69) is 20.3 Å². The number of anilines is 1. The van der Waals surface area contributed by atoms with Crippen molar-refractivity contribution in [3.63, 3.8) is 0 Å². The van der Waals surface area contributed by atoms with Crippen molar-refractivity contribution in [2.45, 2.75) is 26.0 Å². The lowest BCUT2D eigenvalue weighted by atomic mass is 10.1. The maximum Gasteiger partial charge on any atom is 0.321 e. The molecule has 0 fully saturated rings. The van der Waals surface area contributed by atoms with Gasteiger partial charge in [-0.3, -0.25) is 4.79 Å². The molecule has 0 saturated carbocycles. The molecule has 0 aliphatic rings. The largest absolute Gasteiger partial charge is 0.478 e. The van der Waals surface area contributed by atoms with Gasteiger partial charge in [-0.15, -0.1) is 0 Å². The molecule has 1 N–H and O–H groups in total. The number of nitrogens with zero attached hydrogens (tertiary/aromatic N) is 4. The molecule has 1 aromatic heterocycles. The van der Waals surface area contributed by atoms with Gasteiger partial charge >= 0.3 is 6.01 Å². The van der Waals surface area contributed by atoms with Crippen LogP contribution in [-0.2, 0) is 11.3 Å². The molecular weight excluding hydrogens is 358 g/mol. The van der Waals surface area contributed by atoms with Crippen LogP contribution in [0.25, 0.3) is 0 Å². The first-order valence-corrected chi connectivity index (χ1v) is 8.28. The number of carbonyl (C=O) groups excluding carboxylic acids is 1. The Kier molecular flexibility index (Phi) is 6.20. The fourth-order valence-electron chi connectivity index (χ4n) is 1.97. The second-order valence-electron chi connectivity index (χ2n) is 6.18. The Labute approximate surface area is 157 Å². The normalized spacial score (nSPS) is 11.0. The van der Waals surface area contributed by atoms with Crippen LogP contribution in [0.3, 0.4) is 0 Å². The summed E-state index contributed by atoms with van der Waals surface area (Å²) in [6.45, 7) is 3.47. The van der Waals surface area contributed by atoms with Gasteiger partial charge in [0.1, 0.15) is 5.75 Å². The molecule has 140 valence electrons. The highest BCUT2D eigenvalue weighted by Crippen LogP contribution is 2.21. The van der Waals surface area contributed by atoms with Gasteiger partial charge in [0.25, 0.3) is 5.91 Å². The predicted octanol–water partition coefficient (Wildman–Crippen LogP) is 2.07. The molecule has 2 aromatic rings. The van der Waals surface area contributed by atoms with E-state index < -0.39 is 5.60 Å². The summed E-state index contributed by atoms with van der Waals surface area (Å²) in [7, 11) is 5.08. The zero-order valence-corrected chi connectivity index (χ0v) is 16.2. The van der Waals surface area contributed by atoms with E-state index in [0.717, 1.165) is 0 Å². The van der Waals surface area contributed by atoms with Crippen LogP contribution < -0.4 is 19.7 Å². The topological polar surface area (TPSA) is 89.5 Å². The number of aromatic nitrogens is 3. The monoisotopic (exact) mass is 379 g/mol. The van der Waals surface area contributed by atoms with Crippen molar-refractivity contribution in [1.29, 1.82) is 0 Å². The van der Waals surface area contributed by atoms with Crippen LogP contribution in [0.5, 0.6) is 11.8 Å². The highest BCUT2D eigenvalue weighted by molar-refractivity contribution is 6.30. The number of rotatable bonds is 7. The first-order chi connectivity index (χ1) is 12.2. The number of halogens is 1. The molecule has 9 heteroatoms. The molecule has 0 unspecified atom stereocenters. The van der Waals surface area contributed by atoms with Crippen molar-refractivity contribution >= 4 is 23.5 Å². The summed E-state index contributed by atoms with van der Waals surface area (Å²) in [5.41, 5.74) is -1.09. The van der Waals surface area contributed by atoms with Gasteiger partial charge in [-0.05, 0) is 38.1 Å². The summed E-state index contributed by atoms with van der Waals surface area (Å²) in [6.07, 6.45) is 0. The van der Waals surface area contributed by atoms with E-state index in [1.165, 1.54) is 7.11 Å². The standard InChI is InChI=1S/C17H22ClN5O3/c1-17(2,26-12-8-6-11(18)7-9-12)14(24)19-10-13-20-15(23(3)4)22-16(21-13)25-5/h6-9H,10H2,1-5H3,(H,19,24). The summed E-state index contributed by atoms with van der Waals surface area (Å²) in [5, 5.41) is 3.37. The molecule has 2 rings (SSSR count). The fraction of sp³-hybridized carbons (Fsp3) is 0.412. The number of nitrogens with one attached hydrogen (secondary N) is 1. The van der Waals surface area contributed by atoms with Gasteiger partial charge in [0.2, 0.25) is 5.95 Å². The molecule has 8 nitrogen and oxygen atoms in total. The summed E-state index contributed by atoms with van der Waals surface area (Å²) in [4.78, 5) is 26.8. The van der Waals surface area contributed by atoms with Crippen LogP contribution in [0.4, 0.5) is 5.95 Å². The Bertz CT molecular complexity index is 765. The summed E-state index contributed by atoms with van der Waals surface area (Å²) >= 11 is 5.86. The van der Waals surface area contributed by atoms with Crippen LogP contribution >= 0.6 is 11.6 Å². The second-order valence-corrected chi connectivity index (χ2v) is 6.62. The molecule has 1 amide bonds. The first kappa shape index (κ1) is 19.7. The third kappa shape index (κ3) is 5.19. The quantitative estimate of drug-likeness (QED) is 0.787. The number of benzene rings is 1. The van der Waals surface area contributed by atoms with Gasteiger partial charge in [-0.1, -0.05) is 11.6 Å². The van der Waals surface area contributed by atoms with Gasteiger partial charge in [0.15, 0.2) is 11.4 Å². The van der Waals surface area contributed by atoms with Crippen LogP contribution in [0, 0.1) is 0 Å². The lowest BCUT2D eigenvalue weighted by molar-refractivity contribution is -0.134. The maximum absolute atomic E-state index is 12.5. The maximum atomic E-state index is 12.5. The molecule has 0 radical (unpaired) electrons. The van der Waals surface area contributed by atoms with Gasteiger partial charge in [0, 0.05) is 19.1 Å². The molecule has 0 spiro atoms. The van der Waals surface area contributed by atoms with E-state index >= 15 is 0 Å². The Balaban J connectivity index is 2.04. The fourth-order valence-corrected chi connectivity index (χ4v) is 2.10. The van der Waals surface area contributed by atoms with Crippen LogP contribution in [0.2, 0.25) is 5.02 Å². The Morgan fingerprint density at radius 2 is 1.85 bits per heavy atom. The van der Waals surface area contributed by atoms with E-state index in [1.807, 2.05) is 0 Å². The van der Waals surface area contributed by atoms with Crippen molar-refractivity contribution in [1.82, 2.24) is 20.3 Å². The SMILES string of the molecule is COc1nc(CNC(=O)C(C)(C)Oc2ccc(Cl)cc2)nc(N(C)C)n1. The van der Waals surface area contributed by atoms with Crippen molar-refractivity contribution in [3.8, 4) is 11.8 Å². The van der Waals surface area contributed by atoms with Crippen molar-refractivity contribution in [2.24, 2.45) is 0 Å². The lowest BCUT2D eigenvalue weighted by Gasteiger charge is -2.25. The number of carbonyl (C=O) groups is 1. The minimum absolute atomic E-state index is 0.117. The van der Waals surface area contributed by atoms with Crippen LogP contribution in [-0.4, -0.2) is 47.7 Å².